The van der Waals surface area contributed by atoms with Crippen LogP contribution in [0.25, 0.3) is 6.08 Å². The summed E-state index contributed by atoms with van der Waals surface area (Å²) in [6.07, 6.45) is 13.7. The second-order valence-corrected chi connectivity index (χ2v) is 25.7. The van der Waals surface area contributed by atoms with Crippen LogP contribution in [0, 0.1) is 0 Å². The number of benzene rings is 1. The van der Waals surface area contributed by atoms with Gasteiger partial charge in [-0.25, -0.2) is 0 Å². The number of hydrogen-bond acceptors (Lipinski definition) is 0. The molecule has 0 fully saturated rings. The minimum atomic E-state index is -2.41. The van der Waals surface area contributed by atoms with E-state index in [1.165, 1.54) is 44.1 Å². The fourth-order valence-corrected chi connectivity index (χ4v) is 35.2. The van der Waals surface area contributed by atoms with Crippen LogP contribution in [0.1, 0.15) is 70.4 Å². The molecule has 0 bridgehead atoms. The van der Waals surface area contributed by atoms with Crippen molar-refractivity contribution < 1.29 is 0 Å². The molecule has 1 aromatic carbocycles. The van der Waals surface area contributed by atoms with E-state index in [-0.39, 0.29) is 7.92 Å². The summed E-state index contributed by atoms with van der Waals surface area (Å²) < 4.78 is 5.29. The van der Waals surface area contributed by atoms with Crippen molar-refractivity contribution in [1.29, 1.82) is 0 Å². The Hall–Kier alpha value is 0.189. The van der Waals surface area contributed by atoms with E-state index in [2.05, 4.69) is 70.5 Å². The van der Waals surface area contributed by atoms with E-state index in [4.69, 9.17) is 0 Å². The van der Waals surface area contributed by atoms with E-state index in [9.17, 15) is 0 Å². The number of hydrogen-bond donors (Lipinski definition) is 0. The van der Waals surface area contributed by atoms with E-state index in [1.54, 1.807) is 18.9 Å². The van der Waals surface area contributed by atoms with Crippen LogP contribution >= 0.6 is 7.92 Å². The molecule has 1 atom stereocenters. The minimum absolute atomic E-state index is 0.00354. The topological polar surface area (TPSA) is 0 Å². The molecule has 0 saturated carbocycles. The second kappa shape index (κ2) is 9.93. The molecule has 1 aliphatic rings. The van der Waals surface area contributed by atoms with Gasteiger partial charge in [-0.2, -0.15) is 0 Å². The predicted octanol–water partition coefficient (Wildman–Crippen LogP) is 8.04. The van der Waals surface area contributed by atoms with Gasteiger partial charge in [0.05, 0.1) is 0 Å². The van der Waals surface area contributed by atoms with Crippen molar-refractivity contribution in [3.63, 3.8) is 0 Å². The molecular formula is C23H39PSn. The number of allylic oxidation sites excluding steroid dienone is 1. The molecule has 0 N–H and O–H groups in total. The Kier molecular flexibility index (Phi) is 8.54. The molecular weight excluding hydrogens is 426 g/mol. The summed E-state index contributed by atoms with van der Waals surface area (Å²) in [5, 5.41) is 0. The first-order valence-corrected chi connectivity index (χ1v) is 20.3. The summed E-state index contributed by atoms with van der Waals surface area (Å²) in [5.41, 5.74) is 3.26. The van der Waals surface area contributed by atoms with Crippen molar-refractivity contribution in [1.82, 2.24) is 0 Å². The molecule has 0 spiro atoms. The van der Waals surface area contributed by atoms with Gasteiger partial charge in [-0.3, -0.25) is 0 Å². The maximum atomic E-state index is 2.74. The Labute approximate surface area is 162 Å². The standard InChI is InChI=1S/C11H12P.3C4H9.Sn/c1-12(2)11-8-7-9-5-3-4-6-10(9)11;3*1-3-4-2;/h3-8H,1-2H3;3*1,3-4H2,2H3;. The van der Waals surface area contributed by atoms with Gasteiger partial charge in [-0.15, -0.1) is 0 Å². The zero-order valence-electron chi connectivity index (χ0n) is 17.3. The zero-order chi connectivity index (χ0) is 18.3. The Morgan fingerprint density at radius 2 is 1.36 bits per heavy atom. The number of fused-ring (bicyclic) bond motifs is 1. The second-order valence-electron chi connectivity index (χ2n) is 8.17. The third-order valence-electron chi connectivity index (χ3n) is 6.42. The fourth-order valence-electron chi connectivity index (χ4n) is 5.11. The van der Waals surface area contributed by atoms with Gasteiger partial charge in [0.25, 0.3) is 0 Å². The van der Waals surface area contributed by atoms with Crippen LogP contribution < -0.4 is 0 Å². The molecule has 1 aliphatic carbocycles. The Balaban J connectivity index is 2.59. The van der Waals surface area contributed by atoms with Crippen molar-refractivity contribution in [2.24, 2.45) is 0 Å². The molecule has 2 heteroatoms. The molecule has 1 unspecified atom stereocenters. The average molecular weight is 465 g/mol. The Morgan fingerprint density at radius 3 is 1.84 bits per heavy atom. The molecule has 0 aliphatic heterocycles. The van der Waals surface area contributed by atoms with Crippen LogP contribution in [0.2, 0.25) is 13.3 Å². The summed E-state index contributed by atoms with van der Waals surface area (Å²) >= 11 is -2.41. The van der Waals surface area contributed by atoms with Crippen molar-refractivity contribution in [2.45, 2.75) is 75.8 Å². The first-order valence-electron chi connectivity index (χ1n) is 10.5. The predicted molar refractivity (Wildman–Crippen MR) is 121 cm³/mol. The van der Waals surface area contributed by atoms with E-state index < -0.39 is 18.4 Å². The van der Waals surface area contributed by atoms with Gasteiger partial charge in [0.2, 0.25) is 0 Å². The molecule has 0 heterocycles. The molecule has 0 saturated heterocycles. The third-order valence-corrected chi connectivity index (χ3v) is 32.3. The van der Waals surface area contributed by atoms with Gasteiger partial charge in [-0.05, 0) is 0 Å². The summed E-state index contributed by atoms with van der Waals surface area (Å²) in [6, 6.07) is 9.39. The van der Waals surface area contributed by atoms with Crippen LogP contribution in [0.5, 0.6) is 0 Å². The summed E-state index contributed by atoms with van der Waals surface area (Å²) in [7, 11) is -0.00354. The van der Waals surface area contributed by atoms with Gasteiger partial charge >= 0.3 is 163 Å². The van der Waals surface area contributed by atoms with Crippen molar-refractivity contribution >= 4 is 32.4 Å². The van der Waals surface area contributed by atoms with E-state index >= 15 is 0 Å². The molecule has 0 nitrogen and oxygen atoms in total. The molecule has 2 rings (SSSR count). The monoisotopic (exact) mass is 466 g/mol. The fraction of sp³-hybridized carbons (Fsp3) is 0.652. The molecule has 0 aromatic heterocycles. The summed E-state index contributed by atoms with van der Waals surface area (Å²) in [4.78, 5) is 0. The Morgan fingerprint density at radius 1 is 0.840 bits per heavy atom. The summed E-state index contributed by atoms with van der Waals surface area (Å²) in [6.45, 7) is 12.3. The van der Waals surface area contributed by atoms with Gasteiger partial charge < -0.3 is 0 Å². The van der Waals surface area contributed by atoms with Gasteiger partial charge in [-0.1, -0.05) is 0 Å². The number of unbranched alkanes of at least 4 members (excludes halogenated alkanes) is 3. The van der Waals surface area contributed by atoms with Crippen LogP contribution in [0.3, 0.4) is 0 Å². The SMILES string of the molecule is CCC[CH2][Sn]([CH2]CCC)([CH2]CCC)[C]1(P(C)C)C=Cc2ccccc21. The van der Waals surface area contributed by atoms with Crippen molar-refractivity contribution in [3.8, 4) is 0 Å². The molecule has 25 heavy (non-hydrogen) atoms. The zero-order valence-corrected chi connectivity index (χ0v) is 21.0. The van der Waals surface area contributed by atoms with Crippen LogP contribution in [-0.2, 0) is 3.17 Å². The average Bonchev–Trinajstić information content (AvgIpc) is 3.03. The normalized spacial score (nSPS) is 19.6. The van der Waals surface area contributed by atoms with Crippen molar-refractivity contribution in [3.05, 3.63) is 41.5 Å². The number of rotatable bonds is 11. The molecule has 0 amide bonds. The molecule has 140 valence electrons. The van der Waals surface area contributed by atoms with E-state index in [1.807, 2.05) is 0 Å². The van der Waals surface area contributed by atoms with Crippen LogP contribution in [0.15, 0.2) is 30.3 Å². The van der Waals surface area contributed by atoms with Crippen LogP contribution in [-0.4, -0.2) is 31.7 Å². The van der Waals surface area contributed by atoms with E-state index in [0.29, 0.717) is 3.17 Å². The van der Waals surface area contributed by atoms with E-state index in [0.717, 1.165) is 0 Å². The van der Waals surface area contributed by atoms with Crippen LogP contribution in [0.4, 0.5) is 0 Å². The first kappa shape index (κ1) is 21.5. The van der Waals surface area contributed by atoms with Gasteiger partial charge in [0.15, 0.2) is 0 Å². The first-order chi connectivity index (χ1) is 12.1. The van der Waals surface area contributed by atoms with Gasteiger partial charge in [0, 0.05) is 0 Å². The van der Waals surface area contributed by atoms with Gasteiger partial charge in [0.1, 0.15) is 0 Å². The maximum absolute atomic E-state index is 2.74. The quantitative estimate of drug-likeness (QED) is 0.229. The molecule has 0 radical (unpaired) electrons. The summed E-state index contributed by atoms with van der Waals surface area (Å²) in [5.74, 6) is 0. The third kappa shape index (κ3) is 4.21. The molecule has 1 aromatic rings. The van der Waals surface area contributed by atoms with Crippen molar-refractivity contribution in [2.75, 3.05) is 13.3 Å². The Bertz CT molecular complexity index is 541.